The fraction of sp³-hybridized carbons (Fsp3) is 0.778. The molecule has 0 rings (SSSR count). The normalized spacial score (nSPS) is 11.6. The lowest BCUT2D eigenvalue weighted by Crippen LogP contribution is -2.38. The van der Waals surface area contributed by atoms with Crippen LogP contribution in [0.5, 0.6) is 0 Å². The Kier molecular flexibility index (Phi) is 6.53. The maximum Gasteiger partial charge on any atom is 0.216 e. The molecule has 0 radical (unpaired) electrons. The zero-order valence-electron chi connectivity index (χ0n) is 9.13. The summed E-state index contributed by atoms with van der Waals surface area (Å²) in [4.78, 5) is 14.6. The zero-order valence-corrected chi connectivity index (χ0v) is 9.13. The summed E-state index contributed by atoms with van der Waals surface area (Å²) >= 11 is 0. The molecule has 0 bridgehead atoms. The Labute approximate surface area is 85.2 Å². The predicted molar refractivity (Wildman–Crippen MR) is 58.0 cm³/mol. The van der Waals surface area contributed by atoms with E-state index < -0.39 is 0 Å². The first-order valence-corrected chi connectivity index (χ1v) is 4.80. The molecule has 4 N–H and O–H groups in total. The van der Waals surface area contributed by atoms with E-state index in [1.54, 1.807) is 0 Å². The second-order valence-corrected chi connectivity index (χ2v) is 3.53. The first kappa shape index (κ1) is 12.7. The van der Waals surface area contributed by atoms with Gasteiger partial charge in [-0.1, -0.05) is 13.8 Å². The van der Waals surface area contributed by atoms with Crippen molar-refractivity contribution in [3.05, 3.63) is 0 Å². The summed E-state index contributed by atoms with van der Waals surface area (Å²) in [6.07, 6.45) is 0. The van der Waals surface area contributed by atoms with Gasteiger partial charge in [0.15, 0.2) is 5.96 Å². The average molecular weight is 200 g/mol. The highest BCUT2D eigenvalue weighted by Gasteiger charge is 1.94. The summed E-state index contributed by atoms with van der Waals surface area (Å²) < 4.78 is 0. The van der Waals surface area contributed by atoms with Gasteiger partial charge >= 0.3 is 0 Å². The van der Waals surface area contributed by atoms with Crippen molar-refractivity contribution in [1.29, 1.82) is 0 Å². The van der Waals surface area contributed by atoms with Gasteiger partial charge in [-0.3, -0.25) is 9.79 Å². The average Bonchev–Trinajstić information content (AvgIpc) is 2.08. The van der Waals surface area contributed by atoms with Crippen LogP contribution in [0.1, 0.15) is 20.8 Å². The number of amides is 1. The Morgan fingerprint density at radius 2 is 1.93 bits per heavy atom. The van der Waals surface area contributed by atoms with E-state index in [-0.39, 0.29) is 5.91 Å². The van der Waals surface area contributed by atoms with Gasteiger partial charge in [0, 0.05) is 26.6 Å². The monoisotopic (exact) mass is 200 g/mol. The lowest BCUT2D eigenvalue weighted by Gasteiger charge is -2.06. The quantitative estimate of drug-likeness (QED) is 0.323. The highest BCUT2D eigenvalue weighted by molar-refractivity contribution is 5.78. The van der Waals surface area contributed by atoms with Crippen LogP contribution in [-0.2, 0) is 4.79 Å². The van der Waals surface area contributed by atoms with E-state index in [2.05, 4.69) is 29.5 Å². The van der Waals surface area contributed by atoms with Gasteiger partial charge in [0.25, 0.3) is 0 Å². The summed E-state index contributed by atoms with van der Waals surface area (Å²) in [5.41, 5.74) is 5.57. The third kappa shape index (κ3) is 8.83. The first-order valence-electron chi connectivity index (χ1n) is 4.80. The zero-order chi connectivity index (χ0) is 11.0. The van der Waals surface area contributed by atoms with E-state index in [0.29, 0.717) is 25.0 Å². The maximum atomic E-state index is 10.5. The fourth-order valence-corrected chi connectivity index (χ4v) is 0.766. The first-order chi connectivity index (χ1) is 6.52. The topological polar surface area (TPSA) is 79.5 Å². The second-order valence-electron chi connectivity index (χ2n) is 3.53. The van der Waals surface area contributed by atoms with Crippen LogP contribution < -0.4 is 16.4 Å². The highest BCUT2D eigenvalue weighted by atomic mass is 16.1. The van der Waals surface area contributed by atoms with Crippen LogP contribution in [0.3, 0.4) is 0 Å². The van der Waals surface area contributed by atoms with Crippen LogP contribution in [-0.4, -0.2) is 31.5 Å². The van der Waals surface area contributed by atoms with E-state index in [1.165, 1.54) is 6.92 Å². The molecule has 0 unspecified atom stereocenters. The molecule has 0 saturated carbocycles. The van der Waals surface area contributed by atoms with Gasteiger partial charge in [0.1, 0.15) is 0 Å². The number of nitrogens with zero attached hydrogens (tertiary/aromatic N) is 1. The predicted octanol–water partition coefficient (Wildman–Crippen LogP) is -0.317. The molecule has 0 heterocycles. The van der Waals surface area contributed by atoms with Crippen LogP contribution in [0.2, 0.25) is 0 Å². The molecule has 5 heteroatoms. The Morgan fingerprint density at radius 3 is 2.43 bits per heavy atom. The van der Waals surface area contributed by atoms with Crippen molar-refractivity contribution in [2.24, 2.45) is 16.6 Å². The summed E-state index contributed by atoms with van der Waals surface area (Å²) in [5.74, 6) is 0.902. The van der Waals surface area contributed by atoms with Crippen molar-refractivity contribution in [3.8, 4) is 0 Å². The Morgan fingerprint density at radius 1 is 1.36 bits per heavy atom. The summed E-state index contributed by atoms with van der Waals surface area (Å²) in [7, 11) is 0. The van der Waals surface area contributed by atoms with Crippen LogP contribution in [0, 0.1) is 5.92 Å². The van der Waals surface area contributed by atoms with Gasteiger partial charge in [0.05, 0.1) is 0 Å². The molecule has 0 aliphatic rings. The molecule has 0 saturated heterocycles. The van der Waals surface area contributed by atoms with Crippen molar-refractivity contribution in [2.45, 2.75) is 20.8 Å². The molecule has 0 fully saturated rings. The molecule has 1 amide bonds. The maximum absolute atomic E-state index is 10.5. The van der Waals surface area contributed by atoms with Crippen LogP contribution >= 0.6 is 0 Å². The van der Waals surface area contributed by atoms with Gasteiger partial charge in [-0.05, 0) is 5.92 Å². The number of hydrogen-bond acceptors (Lipinski definition) is 2. The molecule has 0 spiro atoms. The Bertz CT molecular complexity index is 201. The van der Waals surface area contributed by atoms with Crippen molar-refractivity contribution in [3.63, 3.8) is 0 Å². The van der Waals surface area contributed by atoms with Crippen molar-refractivity contribution >= 4 is 11.9 Å². The van der Waals surface area contributed by atoms with E-state index in [1.807, 2.05) is 0 Å². The number of carbonyl (C=O) groups is 1. The second kappa shape index (κ2) is 7.17. The molecule has 5 nitrogen and oxygen atoms in total. The van der Waals surface area contributed by atoms with Gasteiger partial charge in [-0.15, -0.1) is 0 Å². The SMILES string of the molecule is CC(=O)NCCNC(N)=NCC(C)C. The Hall–Kier alpha value is -1.26. The number of nitrogens with two attached hydrogens (primary N) is 1. The summed E-state index contributed by atoms with van der Waals surface area (Å²) in [5, 5.41) is 5.56. The molecule has 14 heavy (non-hydrogen) atoms. The molecule has 82 valence electrons. The third-order valence-corrected chi connectivity index (χ3v) is 1.43. The minimum atomic E-state index is -0.0375. The molecule has 0 aromatic rings. The number of guanidine groups is 1. The lowest BCUT2D eigenvalue weighted by atomic mass is 10.2. The fourth-order valence-electron chi connectivity index (χ4n) is 0.766. The minimum Gasteiger partial charge on any atom is -0.370 e. The van der Waals surface area contributed by atoms with Crippen LogP contribution in [0.4, 0.5) is 0 Å². The van der Waals surface area contributed by atoms with E-state index in [4.69, 9.17) is 5.73 Å². The number of nitrogens with one attached hydrogen (secondary N) is 2. The molecule has 0 aliphatic heterocycles. The van der Waals surface area contributed by atoms with Crippen molar-refractivity contribution in [2.75, 3.05) is 19.6 Å². The van der Waals surface area contributed by atoms with Gasteiger partial charge in [-0.2, -0.15) is 0 Å². The third-order valence-electron chi connectivity index (χ3n) is 1.43. The van der Waals surface area contributed by atoms with Crippen LogP contribution in [0.25, 0.3) is 0 Å². The largest absolute Gasteiger partial charge is 0.370 e. The van der Waals surface area contributed by atoms with E-state index in [0.717, 1.165) is 6.54 Å². The standard InChI is InChI=1S/C9H20N4O/c1-7(2)6-13-9(10)12-5-4-11-8(3)14/h7H,4-6H2,1-3H3,(H,11,14)(H3,10,12,13). The number of rotatable bonds is 5. The molecular weight excluding hydrogens is 180 g/mol. The van der Waals surface area contributed by atoms with E-state index >= 15 is 0 Å². The Balaban J connectivity index is 3.48. The molecule has 0 aromatic heterocycles. The molecular formula is C9H20N4O. The molecule has 0 aliphatic carbocycles. The smallest absolute Gasteiger partial charge is 0.216 e. The minimum absolute atomic E-state index is 0.0375. The highest BCUT2D eigenvalue weighted by Crippen LogP contribution is 1.90. The van der Waals surface area contributed by atoms with Crippen molar-refractivity contribution < 1.29 is 4.79 Å². The van der Waals surface area contributed by atoms with E-state index in [9.17, 15) is 4.79 Å². The molecule has 0 atom stereocenters. The number of hydrogen-bond donors (Lipinski definition) is 3. The van der Waals surface area contributed by atoms with Crippen molar-refractivity contribution in [1.82, 2.24) is 10.6 Å². The number of aliphatic imine (C=N–C) groups is 1. The summed E-state index contributed by atoms with van der Waals surface area (Å²) in [6.45, 7) is 7.53. The number of carbonyl (C=O) groups excluding carboxylic acids is 1. The van der Waals surface area contributed by atoms with Gasteiger partial charge in [0.2, 0.25) is 5.91 Å². The lowest BCUT2D eigenvalue weighted by molar-refractivity contribution is -0.118. The van der Waals surface area contributed by atoms with Gasteiger partial charge < -0.3 is 16.4 Å². The van der Waals surface area contributed by atoms with Crippen LogP contribution in [0.15, 0.2) is 4.99 Å². The summed E-state index contributed by atoms with van der Waals surface area (Å²) in [6, 6.07) is 0. The van der Waals surface area contributed by atoms with Gasteiger partial charge in [-0.25, -0.2) is 0 Å². The molecule has 0 aromatic carbocycles.